The molecular formula is C11H18N2OS. The van der Waals surface area contributed by atoms with Gasteiger partial charge in [0.25, 0.3) is 0 Å². The van der Waals surface area contributed by atoms with Gasteiger partial charge < -0.3 is 10.1 Å². The van der Waals surface area contributed by atoms with Crippen LogP contribution in [0.2, 0.25) is 0 Å². The van der Waals surface area contributed by atoms with E-state index in [0.29, 0.717) is 12.1 Å². The summed E-state index contributed by atoms with van der Waals surface area (Å²) >= 11 is 1.66. The summed E-state index contributed by atoms with van der Waals surface area (Å²) in [6, 6.07) is 0.602. The Hall–Kier alpha value is -0.450. The Labute approximate surface area is 94.9 Å². The van der Waals surface area contributed by atoms with Gasteiger partial charge in [-0.2, -0.15) is 0 Å². The number of methoxy groups -OCH3 is 1. The van der Waals surface area contributed by atoms with Crippen LogP contribution in [0.25, 0.3) is 0 Å². The quantitative estimate of drug-likeness (QED) is 0.854. The third-order valence-corrected chi connectivity index (χ3v) is 3.65. The van der Waals surface area contributed by atoms with Gasteiger partial charge in [-0.1, -0.05) is 0 Å². The first-order chi connectivity index (χ1) is 7.38. The van der Waals surface area contributed by atoms with Gasteiger partial charge in [-0.25, -0.2) is 4.98 Å². The molecule has 2 atom stereocenters. The number of thiazole rings is 1. The van der Waals surface area contributed by atoms with E-state index in [9.17, 15) is 0 Å². The number of ether oxygens (including phenoxy) is 1. The van der Waals surface area contributed by atoms with Crippen LogP contribution < -0.4 is 5.32 Å². The second kappa shape index (κ2) is 5.58. The Morgan fingerprint density at radius 3 is 3.27 bits per heavy atom. The molecule has 0 amide bonds. The largest absolute Gasteiger partial charge is 0.381 e. The van der Waals surface area contributed by atoms with Crippen molar-refractivity contribution in [3.63, 3.8) is 0 Å². The fourth-order valence-electron chi connectivity index (χ4n) is 2.12. The van der Waals surface area contributed by atoms with Gasteiger partial charge in [-0.15, -0.1) is 11.3 Å². The highest BCUT2D eigenvalue weighted by atomic mass is 32.1. The van der Waals surface area contributed by atoms with E-state index in [1.54, 1.807) is 11.3 Å². The third-order valence-electron chi connectivity index (χ3n) is 3.01. The first-order valence-electron chi connectivity index (χ1n) is 5.51. The summed E-state index contributed by atoms with van der Waals surface area (Å²) in [5.74, 6) is 0. The predicted octanol–water partition coefficient (Wildman–Crippen LogP) is 2.19. The average Bonchev–Trinajstić information content (AvgIpc) is 2.79. The highest BCUT2D eigenvalue weighted by Crippen LogP contribution is 2.20. The molecule has 0 radical (unpaired) electrons. The molecule has 1 aliphatic carbocycles. The lowest BCUT2D eigenvalue weighted by molar-refractivity contribution is 0.0586. The minimum atomic E-state index is 0.451. The van der Waals surface area contributed by atoms with E-state index in [-0.39, 0.29) is 0 Å². The molecule has 1 saturated carbocycles. The van der Waals surface area contributed by atoms with Crippen LogP contribution in [-0.4, -0.2) is 24.2 Å². The zero-order chi connectivity index (χ0) is 10.5. The van der Waals surface area contributed by atoms with E-state index in [0.717, 1.165) is 18.7 Å². The summed E-state index contributed by atoms with van der Waals surface area (Å²) < 4.78 is 5.40. The summed E-state index contributed by atoms with van der Waals surface area (Å²) in [5, 5.41) is 5.65. The van der Waals surface area contributed by atoms with Crippen molar-refractivity contribution in [1.82, 2.24) is 10.3 Å². The van der Waals surface area contributed by atoms with Crippen molar-refractivity contribution < 1.29 is 4.74 Å². The van der Waals surface area contributed by atoms with Gasteiger partial charge in [0.15, 0.2) is 0 Å². The Bertz CT molecular complexity index is 276. The second-order valence-electron chi connectivity index (χ2n) is 4.08. The molecule has 2 unspecified atom stereocenters. The molecule has 1 aromatic rings. The van der Waals surface area contributed by atoms with E-state index in [1.165, 1.54) is 19.3 Å². The molecule has 3 nitrogen and oxygen atoms in total. The number of hydrogen-bond donors (Lipinski definition) is 1. The van der Waals surface area contributed by atoms with Gasteiger partial charge in [0, 0.05) is 25.1 Å². The Morgan fingerprint density at radius 1 is 1.60 bits per heavy atom. The van der Waals surface area contributed by atoms with Crippen LogP contribution in [0, 0.1) is 0 Å². The Morgan fingerprint density at radius 2 is 2.53 bits per heavy atom. The van der Waals surface area contributed by atoms with Crippen LogP contribution in [0.15, 0.2) is 10.9 Å². The summed E-state index contributed by atoms with van der Waals surface area (Å²) in [7, 11) is 1.81. The number of hydrogen-bond acceptors (Lipinski definition) is 4. The standard InChI is InChI=1S/C11H18N2OS/c1-14-11-4-2-3-9(5-11)12-6-10-7-15-8-13-10/h7-9,11-12H,2-6H2,1H3. The topological polar surface area (TPSA) is 34.1 Å². The van der Waals surface area contributed by atoms with Crippen LogP contribution >= 0.6 is 11.3 Å². The van der Waals surface area contributed by atoms with Crippen LogP contribution in [0.3, 0.4) is 0 Å². The molecule has 0 bridgehead atoms. The smallest absolute Gasteiger partial charge is 0.0795 e. The molecule has 0 spiro atoms. The van der Waals surface area contributed by atoms with Crippen molar-refractivity contribution in [2.24, 2.45) is 0 Å². The molecule has 0 aromatic carbocycles. The lowest BCUT2D eigenvalue weighted by atomic mass is 9.93. The van der Waals surface area contributed by atoms with Crippen molar-refractivity contribution in [3.05, 3.63) is 16.6 Å². The molecule has 1 aromatic heterocycles. The van der Waals surface area contributed by atoms with Gasteiger partial charge in [0.05, 0.1) is 17.3 Å². The van der Waals surface area contributed by atoms with E-state index in [2.05, 4.69) is 15.7 Å². The summed E-state index contributed by atoms with van der Waals surface area (Å²) in [5.41, 5.74) is 3.04. The molecule has 2 rings (SSSR count). The monoisotopic (exact) mass is 226 g/mol. The average molecular weight is 226 g/mol. The van der Waals surface area contributed by atoms with Gasteiger partial charge in [0.1, 0.15) is 0 Å². The fraction of sp³-hybridized carbons (Fsp3) is 0.727. The first-order valence-corrected chi connectivity index (χ1v) is 6.46. The maximum atomic E-state index is 5.40. The molecule has 4 heteroatoms. The zero-order valence-electron chi connectivity index (χ0n) is 9.11. The summed E-state index contributed by atoms with van der Waals surface area (Å²) in [4.78, 5) is 4.26. The number of nitrogens with zero attached hydrogens (tertiary/aromatic N) is 1. The predicted molar refractivity (Wildman–Crippen MR) is 62.0 cm³/mol. The summed E-state index contributed by atoms with van der Waals surface area (Å²) in [6.45, 7) is 0.893. The van der Waals surface area contributed by atoms with Crippen molar-refractivity contribution >= 4 is 11.3 Å². The minimum absolute atomic E-state index is 0.451. The number of nitrogens with one attached hydrogen (secondary N) is 1. The molecule has 15 heavy (non-hydrogen) atoms. The van der Waals surface area contributed by atoms with Gasteiger partial charge in [0.2, 0.25) is 0 Å². The fourth-order valence-corrected chi connectivity index (χ4v) is 2.68. The minimum Gasteiger partial charge on any atom is -0.381 e. The molecule has 1 N–H and O–H groups in total. The van der Waals surface area contributed by atoms with Crippen LogP contribution in [0.4, 0.5) is 0 Å². The second-order valence-corrected chi connectivity index (χ2v) is 4.80. The normalized spacial score (nSPS) is 26.7. The molecule has 1 aliphatic rings. The number of rotatable bonds is 4. The van der Waals surface area contributed by atoms with Crippen molar-refractivity contribution in [2.75, 3.05) is 7.11 Å². The number of aromatic nitrogens is 1. The molecule has 0 saturated heterocycles. The molecule has 84 valence electrons. The van der Waals surface area contributed by atoms with E-state index in [4.69, 9.17) is 4.74 Å². The first kappa shape index (κ1) is 11.0. The molecule has 1 heterocycles. The van der Waals surface area contributed by atoms with Crippen LogP contribution in [0.1, 0.15) is 31.4 Å². The SMILES string of the molecule is COC1CCCC(NCc2cscn2)C1. The van der Waals surface area contributed by atoms with Gasteiger partial charge in [-0.05, 0) is 25.7 Å². The highest BCUT2D eigenvalue weighted by Gasteiger charge is 2.20. The molecule has 1 fully saturated rings. The lowest BCUT2D eigenvalue weighted by Crippen LogP contribution is -2.36. The maximum Gasteiger partial charge on any atom is 0.0795 e. The molecular weight excluding hydrogens is 208 g/mol. The molecule has 0 aliphatic heterocycles. The van der Waals surface area contributed by atoms with E-state index >= 15 is 0 Å². The van der Waals surface area contributed by atoms with Crippen molar-refractivity contribution in [2.45, 2.75) is 44.4 Å². The van der Waals surface area contributed by atoms with Gasteiger partial charge in [-0.3, -0.25) is 0 Å². The highest BCUT2D eigenvalue weighted by molar-refractivity contribution is 7.07. The van der Waals surface area contributed by atoms with Gasteiger partial charge >= 0.3 is 0 Å². The van der Waals surface area contributed by atoms with Crippen molar-refractivity contribution in [1.29, 1.82) is 0 Å². The Balaban J connectivity index is 1.74. The van der Waals surface area contributed by atoms with E-state index < -0.39 is 0 Å². The van der Waals surface area contributed by atoms with Crippen LogP contribution in [0.5, 0.6) is 0 Å². The van der Waals surface area contributed by atoms with Crippen LogP contribution in [-0.2, 0) is 11.3 Å². The van der Waals surface area contributed by atoms with E-state index in [1.807, 2.05) is 12.6 Å². The lowest BCUT2D eigenvalue weighted by Gasteiger charge is -2.28. The maximum absolute atomic E-state index is 5.40. The summed E-state index contributed by atoms with van der Waals surface area (Å²) in [6.07, 6.45) is 5.34. The zero-order valence-corrected chi connectivity index (χ0v) is 9.93. The van der Waals surface area contributed by atoms with Crippen molar-refractivity contribution in [3.8, 4) is 0 Å². The Kier molecular flexibility index (Phi) is 4.11. The third kappa shape index (κ3) is 3.26.